The molecule has 0 spiro atoms. The summed E-state index contributed by atoms with van der Waals surface area (Å²) in [6.45, 7) is 6.97. The van der Waals surface area contributed by atoms with Gasteiger partial charge in [0.05, 0.1) is 7.11 Å². The van der Waals surface area contributed by atoms with E-state index in [-0.39, 0.29) is 5.75 Å². The van der Waals surface area contributed by atoms with Gasteiger partial charge in [0.25, 0.3) is 0 Å². The van der Waals surface area contributed by atoms with E-state index in [0.29, 0.717) is 23.2 Å². The van der Waals surface area contributed by atoms with Crippen LogP contribution in [0.2, 0.25) is 0 Å². The van der Waals surface area contributed by atoms with Gasteiger partial charge in [-0.25, -0.2) is 0 Å². The van der Waals surface area contributed by atoms with Crippen LogP contribution < -0.4 is 4.74 Å². The summed E-state index contributed by atoms with van der Waals surface area (Å²) in [5, 5.41) is 9.72. The average Bonchev–Trinajstić information content (AvgIpc) is 2.46. The number of phenolic OH excluding ortho intramolecular Hbond substituents is 1. The van der Waals surface area contributed by atoms with E-state index >= 15 is 0 Å². The monoisotopic (exact) mass is 291 g/mol. The molecule has 1 aliphatic rings. The summed E-state index contributed by atoms with van der Waals surface area (Å²) in [7, 11) is 3.81. The fourth-order valence-corrected chi connectivity index (χ4v) is 3.30. The Labute approximate surface area is 128 Å². The standard InChI is InChI=1S/C18H29NO2/c1-13(14-6-7-16(20)17(12-14)21-5)19(4)15-8-10-18(2,3)11-9-15/h6-7,12-13,15,20H,8-11H2,1-5H3. The van der Waals surface area contributed by atoms with Crippen LogP contribution in [0.5, 0.6) is 11.5 Å². The first kappa shape index (κ1) is 16.2. The van der Waals surface area contributed by atoms with E-state index < -0.39 is 0 Å². The summed E-state index contributed by atoms with van der Waals surface area (Å²) in [6.07, 6.45) is 5.13. The molecular weight excluding hydrogens is 262 g/mol. The van der Waals surface area contributed by atoms with E-state index in [1.807, 2.05) is 12.1 Å². The minimum Gasteiger partial charge on any atom is -0.504 e. The Hall–Kier alpha value is -1.22. The quantitative estimate of drug-likeness (QED) is 0.894. The molecule has 1 fully saturated rings. The average molecular weight is 291 g/mol. The highest BCUT2D eigenvalue weighted by molar-refractivity contribution is 5.42. The number of hydrogen-bond donors (Lipinski definition) is 1. The number of ether oxygens (including phenoxy) is 1. The van der Waals surface area contributed by atoms with E-state index in [0.717, 1.165) is 0 Å². The largest absolute Gasteiger partial charge is 0.504 e. The molecule has 0 bridgehead atoms. The number of methoxy groups -OCH3 is 1. The zero-order chi connectivity index (χ0) is 15.6. The number of nitrogens with zero attached hydrogens (tertiary/aromatic N) is 1. The maximum Gasteiger partial charge on any atom is 0.160 e. The molecule has 0 aliphatic heterocycles. The van der Waals surface area contributed by atoms with Crippen molar-refractivity contribution >= 4 is 0 Å². The van der Waals surface area contributed by atoms with Crippen molar-refractivity contribution in [1.29, 1.82) is 0 Å². The van der Waals surface area contributed by atoms with Gasteiger partial charge >= 0.3 is 0 Å². The first-order valence-corrected chi connectivity index (χ1v) is 7.93. The number of aromatic hydroxyl groups is 1. The topological polar surface area (TPSA) is 32.7 Å². The van der Waals surface area contributed by atoms with Gasteiger partial charge in [0.15, 0.2) is 11.5 Å². The van der Waals surface area contributed by atoms with Gasteiger partial charge in [-0.1, -0.05) is 19.9 Å². The van der Waals surface area contributed by atoms with Gasteiger partial charge in [-0.15, -0.1) is 0 Å². The van der Waals surface area contributed by atoms with Crippen molar-refractivity contribution in [2.45, 2.75) is 58.5 Å². The molecule has 0 radical (unpaired) electrons. The molecule has 21 heavy (non-hydrogen) atoms. The molecular formula is C18H29NO2. The highest BCUT2D eigenvalue weighted by Gasteiger charge is 2.30. The zero-order valence-corrected chi connectivity index (χ0v) is 14.0. The molecule has 1 atom stereocenters. The van der Waals surface area contributed by atoms with Crippen molar-refractivity contribution in [2.24, 2.45) is 5.41 Å². The van der Waals surface area contributed by atoms with Gasteiger partial charge in [-0.3, -0.25) is 4.90 Å². The molecule has 118 valence electrons. The molecule has 0 heterocycles. The van der Waals surface area contributed by atoms with E-state index in [1.165, 1.54) is 31.2 Å². The number of benzene rings is 1. The summed E-state index contributed by atoms with van der Waals surface area (Å²) in [6, 6.07) is 6.64. The molecule has 1 saturated carbocycles. The summed E-state index contributed by atoms with van der Waals surface area (Å²) in [4.78, 5) is 2.47. The van der Waals surface area contributed by atoms with E-state index in [2.05, 4.69) is 32.7 Å². The Morgan fingerprint density at radius 3 is 2.48 bits per heavy atom. The molecule has 1 unspecified atom stereocenters. The Bertz CT molecular complexity index is 474. The highest BCUT2D eigenvalue weighted by Crippen LogP contribution is 2.39. The third kappa shape index (κ3) is 3.70. The number of rotatable bonds is 4. The second-order valence-electron chi connectivity index (χ2n) is 7.17. The van der Waals surface area contributed by atoms with Crippen LogP contribution in [0.1, 0.15) is 58.1 Å². The fourth-order valence-electron chi connectivity index (χ4n) is 3.30. The van der Waals surface area contributed by atoms with Crippen LogP contribution in [0.3, 0.4) is 0 Å². The van der Waals surface area contributed by atoms with Crippen LogP contribution in [0.4, 0.5) is 0 Å². The molecule has 0 aromatic heterocycles. The molecule has 1 aliphatic carbocycles. The van der Waals surface area contributed by atoms with Crippen LogP contribution >= 0.6 is 0 Å². The van der Waals surface area contributed by atoms with Crippen LogP contribution in [0, 0.1) is 5.41 Å². The Morgan fingerprint density at radius 1 is 1.29 bits per heavy atom. The second kappa shape index (κ2) is 6.27. The third-order valence-electron chi connectivity index (χ3n) is 5.18. The Balaban J connectivity index is 2.07. The van der Waals surface area contributed by atoms with Crippen LogP contribution in [0.25, 0.3) is 0 Å². The molecule has 1 aromatic carbocycles. The molecule has 2 rings (SSSR count). The van der Waals surface area contributed by atoms with Crippen molar-refractivity contribution in [3.8, 4) is 11.5 Å². The van der Waals surface area contributed by atoms with Crippen LogP contribution in [-0.2, 0) is 0 Å². The second-order valence-corrected chi connectivity index (χ2v) is 7.17. The molecule has 3 heteroatoms. The maximum atomic E-state index is 9.72. The van der Waals surface area contributed by atoms with Crippen molar-refractivity contribution < 1.29 is 9.84 Å². The van der Waals surface area contributed by atoms with Gasteiger partial charge in [0, 0.05) is 12.1 Å². The lowest BCUT2D eigenvalue weighted by atomic mass is 9.75. The van der Waals surface area contributed by atoms with Crippen LogP contribution in [-0.4, -0.2) is 30.2 Å². The summed E-state index contributed by atoms with van der Waals surface area (Å²) < 4.78 is 5.22. The molecule has 1 aromatic rings. The highest BCUT2D eigenvalue weighted by atomic mass is 16.5. The molecule has 0 saturated heterocycles. The lowest BCUT2D eigenvalue weighted by molar-refractivity contribution is 0.100. The smallest absolute Gasteiger partial charge is 0.160 e. The van der Waals surface area contributed by atoms with Gasteiger partial charge < -0.3 is 9.84 Å². The first-order chi connectivity index (χ1) is 9.84. The minimum absolute atomic E-state index is 0.204. The van der Waals surface area contributed by atoms with E-state index in [4.69, 9.17) is 4.74 Å². The maximum absolute atomic E-state index is 9.72. The third-order valence-corrected chi connectivity index (χ3v) is 5.18. The Kier molecular flexibility index (Phi) is 4.82. The van der Waals surface area contributed by atoms with Crippen LogP contribution in [0.15, 0.2) is 18.2 Å². The first-order valence-electron chi connectivity index (χ1n) is 7.93. The van der Waals surface area contributed by atoms with Gasteiger partial charge in [-0.2, -0.15) is 0 Å². The normalized spacial score (nSPS) is 20.5. The van der Waals surface area contributed by atoms with E-state index in [1.54, 1.807) is 13.2 Å². The predicted octanol–water partition coefficient (Wildman–Crippen LogP) is 4.36. The zero-order valence-electron chi connectivity index (χ0n) is 14.0. The summed E-state index contributed by atoms with van der Waals surface area (Å²) in [5.74, 6) is 0.757. The minimum atomic E-state index is 0.204. The summed E-state index contributed by atoms with van der Waals surface area (Å²) >= 11 is 0. The lowest BCUT2D eigenvalue weighted by Crippen LogP contribution is -2.38. The number of phenols is 1. The van der Waals surface area contributed by atoms with Gasteiger partial charge in [0.2, 0.25) is 0 Å². The Morgan fingerprint density at radius 2 is 1.90 bits per heavy atom. The van der Waals surface area contributed by atoms with Crippen molar-refractivity contribution in [1.82, 2.24) is 4.90 Å². The predicted molar refractivity (Wildman–Crippen MR) is 86.9 cm³/mol. The lowest BCUT2D eigenvalue weighted by Gasteiger charge is -2.41. The molecule has 1 N–H and O–H groups in total. The van der Waals surface area contributed by atoms with Gasteiger partial charge in [-0.05, 0) is 62.8 Å². The van der Waals surface area contributed by atoms with Crippen molar-refractivity contribution in [3.05, 3.63) is 23.8 Å². The summed E-state index contributed by atoms with van der Waals surface area (Å²) in [5.41, 5.74) is 1.69. The SMILES string of the molecule is COc1cc(C(C)N(C)C2CCC(C)(C)CC2)ccc1O. The molecule has 0 amide bonds. The fraction of sp³-hybridized carbons (Fsp3) is 0.667. The van der Waals surface area contributed by atoms with E-state index in [9.17, 15) is 5.11 Å². The van der Waals surface area contributed by atoms with Crippen molar-refractivity contribution in [3.63, 3.8) is 0 Å². The van der Waals surface area contributed by atoms with Gasteiger partial charge in [0.1, 0.15) is 0 Å². The molecule has 3 nitrogen and oxygen atoms in total. The van der Waals surface area contributed by atoms with Crippen molar-refractivity contribution in [2.75, 3.05) is 14.2 Å². The number of hydrogen-bond acceptors (Lipinski definition) is 3.